The largest absolute Gasteiger partial charge is 0.456 e. The van der Waals surface area contributed by atoms with Crippen LogP contribution in [0.4, 0.5) is 10.1 Å². The van der Waals surface area contributed by atoms with Gasteiger partial charge in [-0.3, -0.25) is 0 Å². The average Bonchev–Trinajstić information content (AvgIpc) is 2.60. The Labute approximate surface area is 144 Å². The lowest BCUT2D eigenvalue weighted by Gasteiger charge is -2.18. The molecule has 1 aliphatic heterocycles. The van der Waals surface area contributed by atoms with Gasteiger partial charge in [0.05, 0.1) is 5.36 Å². The Bertz CT molecular complexity index is 1100. The molecule has 1 N–H and O–H groups in total. The molecule has 0 saturated heterocycles. The summed E-state index contributed by atoms with van der Waals surface area (Å²) in [5, 5.41) is 9.23. The lowest BCUT2D eigenvalue weighted by atomic mass is 9.93. The minimum absolute atomic E-state index is 0.263. The molecule has 0 bridgehead atoms. The van der Waals surface area contributed by atoms with Gasteiger partial charge in [0, 0.05) is 48.4 Å². The molecule has 3 nitrogen and oxygen atoms in total. The van der Waals surface area contributed by atoms with Gasteiger partial charge in [-0.25, -0.2) is 4.39 Å². The van der Waals surface area contributed by atoms with E-state index in [1.807, 2.05) is 43.3 Å². The van der Waals surface area contributed by atoms with E-state index in [2.05, 4.69) is 0 Å². The van der Waals surface area contributed by atoms with Crippen LogP contribution in [0.1, 0.15) is 0 Å². The van der Waals surface area contributed by atoms with Gasteiger partial charge in [-0.15, -0.1) is 0 Å². The number of nitrogens with zero attached hydrogens (tertiary/aromatic N) is 1. The number of anilines is 1. The molecule has 25 heavy (non-hydrogen) atoms. The van der Waals surface area contributed by atoms with Crippen molar-refractivity contribution in [2.45, 2.75) is 0 Å². The third-order valence-corrected chi connectivity index (χ3v) is 4.35. The highest BCUT2D eigenvalue weighted by Crippen LogP contribution is 2.40. The molecule has 2 aliphatic rings. The Morgan fingerprint density at radius 1 is 0.920 bits per heavy atom. The number of hydrogen-bond acceptors (Lipinski definition) is 3. The van der Waals surface area contributed by atoms with Gasteiger partial charge in [0.1, 0.15) is 17.2 Å². The first-order valence-corrected chi connectivity index (χ1v) is 8.01. The SMILES string of the molecule is CN(C)c1ccc2c(-c3ccc(F)cc3)c3ccc(=N)cc-3oc2c1. The molecule has 1 heterocycles. The summed E-state index contributed by atoms with van der Waals surface area (Å²) in [6, 6.07) is 17.9. The van der Waals surface area contributed by atoms with Crippen molar-refractivity contribution in [1.29, 1.82) is 5.41 Å². The van der Waals surface area contributed by atoms with E-state index in [9.17, 15) is 4.39 Å². The Balaban J connectivity index is 2.12. The van der Waals surface area contributed by atoms with Crippen LogP contribution in [0.2, 0.25) is 0 Å². The Morgan fingerprint density at radius 3 is 2.40 bits per heavy atom. The second-order valence-corrected chi connectivity index (χ2v) is 6.27. The van der Waals surface area contributed by atoms with E-state index in [-0.39, 0.29) is 5.82 Å². The van der Waals surface area contributed by atoms with Crippen LogP contribution in [-0.2, 0) is 0 Å². The fourth-order valence-electron chi connectivity index (χ4n) is 3.08. The van der Waals surface area contributed by atoms with Gasteiger partial charge in [0.2, 0.25) is 0 Å². The maximum atomic E-state index is 13.4. The minimum atomic E-state index is -0.263. The molecule has 4 heteroatoms. The molecular formula is C21H17FN2O. The predicted molar refractivity (Wildman–Crippen MR) is 98.4 cm³/mol. The molecule has 0 fully saturated rings. The number of halogens is 1. The lowest BCUT2D eigenvalue weighted by molar-refractivity contribution is 0.619. The van der Waals surface area contributed by atoms with Crippen molar-refractivity contribution in [2.24, 2.45) is 0 Å². The van der Waals surface area contributed by atoms with Crippen LogP contribution >= 0.6 is 0 Å². The molecule has 0 aromatic heterocycles. The van der Waals surface area contributed by atoms with Crippen molar-refractivity contribution in [3.05, 3.63) is 71.8 Å². The van der Waals surface area contributed by atoms with E-state index in [0.29, 0.717) is 11.1 Å². The van der Waals surface area contributed by atoms with Crippen molar-refractivity contribution in [2.75, 3.05) is 19.0 Å². The van der Waals surface area contributed by atoms with E-state index in [1.54, 1.807) is 24.3 Å². The smallest absolute Gasteiger partial charge is 0.137 e. The van der Waals surface area contributed by atoms with E-state index in [4.69, 9.17) is 9.83 Å². The normalized spacial score (nSPS) is 11.2. The highest BCUT2D eigenvalue weighted by atomic mass is 19.1. The van der Waals surface area contributed by atoms with E-state index in [0.717, 1.165) is 33.3 Å². The van der Waals surface area contributed by atoms with Crippen molar-refractivity contribution in [3.8, 4) is 22.5 Å². The molecule has 1 aliphatic carbocycles. The van der Waals surface area contributed by atoms with Crippen LogP contribution in [0.25, 0.3) is 33.4 Å². The summed E-state index contributed by atoms with van der Waals surface area (Å²) in [5.74, 6) is 0.386. The minimum Gasteiger partial charge on any atom is -0.456 e. The molecule has 0 saturated carbocycles. The maximum absolute atomic E-state index is 13.4. The van der Waals surface area contributed by atoms with Crippen LogP contribution < -0.4 is 10.3 Å². The summed E-state index contributed by atoms with van der Waals surface area (Å²) in [6.45, 7) is 0. The number of fused-ring (bicyclic) bond motifs is 2. The maximum Gasteiger partial charge on any atom is 0.137 e. The monoisotopic (exact) mass is 332 g/mol. The molecule has 0 radical (unpaired) electrons. The number of rotatable bonds is 2. The zero-order chi connectivity index (χ0) is 17.6. The molecule has 0 amide bonds. The van der Waals surface area contributed by atoms with Crippen molar-refractivity contribution in [3.63, 3.8) is 0 Å². The molecule has 4 rings (SSSR count). The van der Waals surface area contributed by atoms with Gasteiger partial charge in [-0.2, -0.15) is 0 Å². The van der Waals surface area contributed by atoms with Gasteiger partial charge < -0.3 is 14.7 Å². The Kier molecular flexibility index (Phi) is 3.53. The Morgan fingerprint density at radius 2 is 1.68 bits per heavy atom. The number of benzene rings is 3. The second kappa shape index (κ2) is 5.74. The molecule has 2 aromatic carbocycles. The highest BCUT2D eigenvalue weighted by Gasteiger charge is 2.17. The van der Waals surface area contributed by atoms with E-state index in [1.165, 1.54) is 12.1 Å². The molecule has 0 spiro atoms. The Hall–Kier alpha value is -3.14. The first kappa shape index (κ1) is 15.4. The van der Waals surface area contributed by atoms with Gasteiger partial charge in [0.15, 0.2) is 0 Å². The average molecular weight is 332 g/mol. The van der Waals surface area contributed by atoms with Crippen molar-refractivity contribution < 1.29 is 8.81 Å². The molecule has 2 aromatic rings. The second-order valence-electron chi connectivity index (χ2n) is 6.27. The predicted octanol–water partition coefficient (Wildman–Crippen LogP) is 4.89. The van der Waals surface area contributed by atoms with Crippen LogP contribution in [0.15, 0.2) is 65.1 Å². The molecule has 0 unspecified atom stereocenters. The van der Waals surface area contributed by atoms with Gasteiger partial charge in [-0.05, 0) is 42.0 Å². The van der Waals surface area contributed by atoms with Gasteiger partial charge in [0.25, 0.3) is 0 Å². The number of nitrogens with one attached hydrogen (secondary N) is 1. The van der Waals surface area contributed by atoms with Crippen LogP contribution in [-0.4, -0.2) is 14.1 Å². The van der Waals surface area contributed by atoms with E-state index >= 15 is 0 Å². The fraction of sp³-hybridized carbons (Fsp3) is 0.0952. The summed E-state index contributed by atoms with van der Waals surface area (Å²) in [6.07, 6.45) is 0. The summed E-state index contributed by atoms with van der Waals surface area (Å²) < 4.78 is 19.5. The fourth-order valence-corrected chi connectivity index (χ4v) is 3.08. The first-order valence-electron chi connectivity index (χ1n) is 8.01. The van der Waals surface area contributed by atoms with Crippen molar-refractivity contribution >= 4 is 16.7 Å². The third kappa shape index (κ3) is 2.66. The lowest BCUT2D eigenvalue weighted by Crippen LogP contribution is -2.08. The standard InChI is InChI=1S/C21H17FN2O/c1-24(2)16-8-10-18-20(12-16)25-19-11-15(23)7-9-17(19)21(18)13-3-5-14(22)6-4-13/h3-12,23H,1-2H3. The zero-order valence-corrected chi connectivity index (χ0v) is 14.0. The summed E-state index contributed by atoms with van der Waals surface area (Å²) in [5.41, 5.74) is 4.59. The first-order chi connectivity index (χ1) is 12.0. The van der Waals surface area contributed by atoms with Gasteiger partial charge >= 0.3 is 0 Å². The quantitative estimate of drug-likeness (QED) is 0.531. The van der Waals surface area contributed by atoms with Crippen LogP contribution in [0.5, 0.6) is 0 Å². The molecular weight excluding hydrogens is 315 g/mol. The number of hydrogen-bond donors (Lipinski definition) is 1. The highest BCUT2D eigenvalue weighted by molar-refractivity contribution is 6.02. The third-order valence-electron chi connectivity index (χ3n) is 4.35. The van der Waals surface area contributed by atoms with Gasteiger partial charge in [-0.1, -0.05) is 12.1 Å². The molecule has 124 valence electrons. The van der Waals surface area contributed by atoms with Crippen molar-refractivity contribution in [1.82, 2.24) is 0 Å². The zero-order valence-electron chi connectivity index (χ0n) is 14.0. The molecule has 0 atom stereocenters. The summed E-state index contributed by atoms with van der Waals surface area (Å²) >= 11 is 0. The summed E-state index contributed by atoms with van der Waals surface area (Å²) in [4.78, 5) is 2.01. The van der Waals surface area contributed by atoms with Crippen LogP contribution in [0.3, 0.4) is 0 Å². The van der Waals surface area contributed by atoms with Crippen LogP contribution in [0, 0.1) is 11.2 Å². The summed E-state index contributed by atoms with van der Waals surface area (Å²) in [7, 11) is 3.95. The topological polar surface area (TPSA) is 40.2 Å². The van der Waals surface area contributed by atoms with E-state index < -0.39 is 0 Å².